The van der Waals surface area contributed by atoms with E-state index in [1.54, 1.807) is 54.6 Å². The number of anilines is 3. The summed E-state index contributed by atoms with van der Waals surface area (Å²) in [5.41, 5.74) is 2.01. The summed E-state index contributed by atoms with van der Waals surface area (Å²) in [4.78, 5) is 12.6. The third-order valence-corrected chi connectivity index (χ3v) is 4.22. The molecule has 3 aromatic carbocycles. The van der Waals surface area contributed by atoms with Gasteiger partial charge in [-0.05, 0) is 48.5 Å². The van der Waals surface area contributed by atoms with E-state index in [9.17, 15) is 9.18 Å². The molecule has 0 saturated carbocycles. The molecule has 6 nitrogen and oxygen atoms in total. The summed E-state index contributed by atoms with van der Waals surface area (Å²) in [5, 5.41) is 5.80. The quantitative estimate of drug-likeness (QED) is 0.598. The number of halogens is 1. The second kappa shape index (κ2) is 8.97. The maximum absolute atomic E-state index is 13.7. The summed E-state index contributed by atoms with van der Waals surface area (Å²) in [7, 11) is 4.47. The van der Waals surface area contributed by atoms with Gasteiger partial charge in [-0.3, -0.25) is 4.79 Å². The van der Waals surface area contributed by atoms with Crippen LogP contribution in [0.5, 0.6) is 17.2 Å². The average molecular weight is 396 g/mol. The first-order valence-electron chi connectivity index (χ1n) is 8.78. The monoisotopic (exact) mass is 396 g/mol. The van der Waals surface area contributed by atoms with Gasteiger partial charge >= 0.3 is 0 Å². The Kier molecular flexibility index (Phi) is 6.19. The Balaban J connectivity index is 1.75. The van der Waals surface area contributed by atoms with Gasteiger partial charge in [0.2, 0.25) is 5.75 Å². The van der Waals surface area contributed by atoms with Crippen molar-refractivity contribution in [3.8, 4) is 17.2 Å². The number of rotatable bonds is 7. The van der Waals surface area contributed by atoms with E-state index in [4.69, 9.17) is 14.2 Å². The van der Waals surface area contributed by atoms with E-state index in [2.05, 4.69) is 10.6 Å². The van der Waals surface area contributed by atoms with Gasteiger partial charge in [0, 0.05) is 16.9 Å². The number of para-hydroxylation sites is 1. The second-order valence-corrected chi connectivity index (χ2v) is 6.05. The van der Waals surface area contributed by atoms with Gasteiger partial charge in [0.1, 0.15) is 5.82 Å². The molecule has 1 amide bonds. The number of methoxy groups -OCH3 is 3. The molecule has 2 N–H and O–H groups in total. The van der Waals surface area contributed by atoms with Crippen LogP contribution in [0.1, 0.15) is 10.4 Å². The van der Waals surface area contributed by atoms with Crippen LogP contribution < -0.4 is 24.8 Å². The molecule has 3 rings (SSSR count). The largest absolute Gasteiger partial charge is 0.493 e. The topological polar surface area (TPSA) is 68.8 Å². The minimum Gasteiger partial charge on any atom is -0.493 e. The lowest BCUT2D eigenvalue weighted by Crippen LogP contribution is -2.12. The van der Waals surface area contributed by atoms with Crippen LogP contribution in [0.25, 0.3) is 0 Å². The van der Waals surface area contributed by atoms with Crippen LogP contribution >= 0.6 is 0 Å². The molecule has 0 heterocycles. The zero-order chi connectivity index (χ0) is 20.8. The smallest absolute Gasteiger partial charge is 0.255 e. The maximum Gasteiger partial charge on any atom is 0.255 e. The van der Waals surface area contributed by atoms with Crippen LogP contribution in [0, 0.1) is 5.82 Å². The Bertz CT molecular complexity index is 981. The number of carbonyl (C=O) groups excluding carboxylic acids is 1. The Labute approximate surface area is 168 Å². The summed E-state index contributed by atoms with van der Waals surface area (Å²) >= 11 is 0. The highest BCUT2D eigenvalue weighted by atomic mass is 19.1. The average Bonchev–Trinajstić information content (AvgIpc) is 2.75. The fourth-order valence-electron chi connectivity index (χ4n) is 2.77. The third-order valence-electron chi connectivity index (χ3n) is 4.22. The van der Waals surface area contributed by atoms with E-state index < -0.39 is 0 Å². The van der Waals surface area contributed by atoms with Gasteiger partial charge in [-0.2, -0.15) is 0 Å². The lowest BCUT2D eigenvalue weighted by Gasteiger charge is -2.14. The van der Waals surface area contributed by atoms with Gasteiger partial charge < -0.3 is 24.8 Å². The molecule has 0 aromatic heterocycles. The van der Waals surface area contributed by atoms with Gasteiger partial charge in [-0.15, -0.1) is 0 Å². The van der Waals surface area contributed by atoms with Crippen LogP contribution in [-0.4, -0.2) is 27.2 Å². The highest BCUT2D eigenvalue weighted by Gasteiger charge is 2.17. The van der Waals surface area contributed by atoms with Crippen molar-refractivity contribution in [1.82, 2.24) is 0 Å². The van der Waals surface area contributed by atoms with Gasteiger partial charge in [0.15, 0.2) is 11.5 Å². The summed E-state index contributed by atoms with van der Waals surface area (Å²) in [6, 6.07) is 16.5. The molecular formula is C22H21FN2O4. The molecule has 0 unspecified atom stereocenters. The van der Waals surface area contributed by atoms with Crippen molar-refractivity contribution in [2.75, 3.05) is 32.0 Å². The first kappa shape index (κ1) is 20.0. The highest BCUT2D eigenvalue weighted by Crippen LogP contribution is 2.38. The number of amides is 1. The summed E-state index contributed by atoms with van der Waals surface area (Å²) < 4.78 is 29.6. The Morgan fingerprint density at radius 2 is 1.41 bits per heavy atom. The van der Waals surface area contributed by atoms with Crippen LogP contribution in [-0.2, 0) is 0 Å². The first-order chi connectivity index (χ1) is 14.0. The lowest BCUT2D eigenvalue weighted by atomic mass is 10.1. The number of carbonyl (C=O) groups is 1. The first-order valence-corrected chi connectivity index (χ1v) is 8.78. The Hall–Kier alpha value is -3.74. The molecule has 0 bridgehead atoms. The molecule has 29 heavy (non-hydrogen) atoms. The van der Waals surface area contributed by atoms with E-state index in [0.717, 1.165) is 0 Å². The van der Waals surface area contributed by atoms with Crippen molar-refractivity contribution in [1.29, 1.82) is 0 Å². The van der Waals surface area contributed by atoms with E-state index in [1.165, 1.54) is 27.4 Å². The second-order valence-electron chi connectivity index (χ2n) is 6.05. The van der Waals surface area contributed by atoms with Crippen LogP contribution in [0.15, 0.2) is 60.7 Å². The maximum atomic E-state index is 13.7. The molecular weight excluding hydrogens is 375 g/mol. The van der Waals surface area contributed by atoms with E-state index in [-0.39, 0.29) is 11.7 Å². The molecule has 0 aliphatic rings. The predicted octanol–water partition coefficient (Wildman–Crippen LogP) is 4.85. The van der Waals surface area contributed by atoms with Gasteiger partial charge in [-0.1, -0.05) is 12.1 Å². The van der Waals surface area contributed by atoms with Crippen molar-refractivity contribution in [3.63, 3.8) is 0 Å². The Morgan fingerprint density at radius 1 is 0.828 bits per heavy atom. The van der Waals surface area contributed by atoms with Gasteiger partial charge in [-0.25, -0.2) is 4.39 Å². The third kappa shape index (κ3) is 4.57. The van der Waals surface area contributed by atoms with Gasteiger partial charge in [0.05, 0.1) is 27.0 Å². The number of ether oxygens (including phenoxy) is 3. The molecule has 150 valence electrons. The molecule has 0 fully saturated rings. The summed E-state index contributed by atoms with van der Waals surface area (Å²) in [6.45, 7) is 0. The van der Waals surface area contributed by atoms with Gasteiger partial charge in [0.25, 0.3) is 5.91 Å². The molecule has 0 atom stereocenters. The van der Waals surface area contributed by atoms with Crippen molar-refractivity contribution in [2.45, 2.75) is 0 Å². The van der Waals surface area contributed by atoms with E-state index >= 15 is 0 Å². The van der Waals surface area contributed by atoms with Crippen molar-refractivity contribution in [3.05, 3.63) is 72.0 Å². The minimum absolute atomic E-state index is 0.334. The minimum atomic E-state index is -0.340. The zero-order valence-corrected chi connectivity index (χ0v) is 16.3. The van der Waals surface area contributed by atoms with E-state index in [0.29, 0.717) is 39.9 Å². The molecule has 0 radical (unpaired) electrons. The molecule has 0 spiro atoms. The molecule has 0 saturated heterocycles. The predicted molar refractivity (Wildman–Crippen MR) is 110 cm³/mol. The highest BCUT2D eigenvalue weighted by molar-refractivity contribution is 6.05. The summed E-state index contributed by atoms with van der Waals surface area (Å²) in [6.07, 6.45) is 0. The molecule has 7 heteroatoms. The van der Waals surface area contributed by atoms with Crippen LogP contribution in [0.4, 0.5) is 21.5 Å². The number of hydrogen-bond donors (Lipinski definition) is 2. The fraction of sp³-hybridized carbons (Fsp3) is 0.136. The molecule has 3 aromatic rings. The fourth-order valence-corrected chi connectivity index (χ4v) is 2.77. The van der Waals surface area contributed by atoms with Crippen molar-refractivity contribution in [2.24, 2.45) is 0 Å². The Morgan fingerprint density at radius 3 is 1.97 bits per heavy atom. The number of hydrogen-bond acceptors (Lipinski definition) is 5. The SMILES string of the molecule is COc1cc(C(=O)Nc2ccc(Nc3ccccc3F)cc2)cc(OC)c1OC. The van der Waals surface area contributed by atoms with E-state index in [1.807, 2.05) is 0 Å². The standard InChI is InChI=1S/C22H21FN2O4/c1-27-19-12-14(13-20(28-2)21(19)29-3)22(26)25-16-10-8-15(9-11-16)24-18-7-5-4-6-17(18)23/h4-13,24H,1-3H3,(H,25,26). The zero-order valence-electron chi connectivity index (χ0n) is 16.3. The lowest BCUT2D eigenvalue weighted by molar-refractivity contribution is 0.102. The summed E-state index contributed by atoms with van der Waals surface area (Å²) in [5.74, 6) is 0.518. The van der Waals surface area contributed by atoms with Crippen molar-refractivity contribution >= 4 is 23.0 Å². The van der Waals surface area contributed by atoms with Crippen LogP contribution in [0.2, 0.25) is 0 Å². The molecule has 0 aliphatic carbocycles. The van der Waals surface area contributed by atoms with Crippen LogP contribution in [0.3, 0.4) is 0 Å². The number of benzene rings is 3. The van der Waals surface area contributed by atoms with Crippen molar-refractivity contribution < 1.29 is 23.4 Å². The normalized spacial score (nSPS) is 10.2. The molecule has 0 aliphatic heterocycles. The number of nitrogens with one attached hydrogen (secondary N) is 2.